The molecule has 0 aromatic heterocycles. The number of hydrogen-bond donors (Lipinski definition) is 0. The third kappa shape index (κ3) is 3.02. The van der Waals surface area contributed by atoms with Crippen molar-refractivity contribution >= 4 is 29.6 Å². The van der Waals surface area contributed by atoms with Gasteiger partial charge >= 0.3 is 0 Å². The number of likely N-dealkylation sites (tertiary alicyclic amines) is 1. The number of nitrogens with zero attached hydrogens (tertiary/aromatic N) is 1. The lowest BCUT2D eigenvalue weighted by molar-refractivity contribution is 0.287. The van der Waals surface area contributed by atoms with Gasteiger partial charge in [0.05, 0.1) is 6.04 Å². The number of fused-ring (bicyclic) bond motifs is 12. The van der Waals surface area contributed by atoms with Crippen molar-refractivity contribution < 1.29 is 0 Å². The highest BCUT2D eigenvalue weighted by Crippen LogP contribution is 2.62. The molecule has 186 valence electrons. The van der Waals surface area contributed by atoms with Crippen LogP contribution in [0.1, 0.15) is 73.6 Å². The van der Waals surface area contributed by atoms with Crippen LogP contribution in [0.3, 0.4) is 0 Å². The van der Waals surface area contributed by atoms with Gasteiger partial charge in [0.25, 0.3) is 0 Å². The summed E-state index contributed by atoms with van der Waals surface area (Å²) in [4.78, 5) is 6.00. The lowest BCUT2D eigenvalue weighted by Gasteiger charge is -2.40. The maximum absolute atomic E-state index is 2.86. The fraction of sp³-hybridized carbons (Fsp3) is 0.412. The molecule has 7 unspecified atom stereocenters. The van der Waals surface area contributed by atoms with E-state index in [-0.39, 0.29) is 0 Å². The first-order valence-electron chi connectivity index (χ1n) is 14.5. The highest BCUT2D eigenvalue weighted by molar-refractivity contribution is 8.03. The van der Waals surface area contributed by atoms with E-state index in [0.29, 0.717) is 34.3 Å². The topological polar surface area (TPSA) is 3.24 Å². The molecule has 3 aliphatic heterocycles. The Hall–Kier alpha value is -2.10. The summed E-state index contributed by atoms with van der Waals surface area (Å²) in [6, 6.07) is 5.39. The highest BCUT2D eigenvalue weighted by Gasteiger charge is 2.52. The minimum atomic E-state index is 0.404. The van der Waals surface area contributed by atoms with Crippen molar-refractivity contribution in [1.29, 1.82) is 0 Å². The summed E-state index contributed by atoms with van der Waals surface area (Å²) in [6.07, 6.45) is 33.8. The first-order chi connectivity index (χ1) is 18.4. The molecule has 7 atom stereocenters. The normalized spacial score (nSPS) is 37.8. The fourth-order valence-corrected chi connectivity index (χ4v) is 11.9. The summed E-state index contributed by atoms with van der Waals surface area (Å²) in [5, 5.41) is 1.25. The number of benzene rings is 1. The van der Waals surface area contributed by atoms with Crippen LogP contribution in [0.5, 0.6) is 0 Å². The van der Waals surface area contributed by atoms with Crippen LogP contribution in [0, 0.1) is 17.8 Å². The molecule has 3 heterocycles. The van der Waals surface area contributed by atoms with Crippen LogP contribution in [-0.2, 0) is 0 Å². The molecule has 0 amide bonds. The third-order valence-corrected chi connectivity index (χ3v) is 13.1. The molecule has 9 rings (SSSR count). The van der Waals surface area contributed by atoms with Crippen molar-refractivity contribution in [3.8, 4) is 0 Å². The summed E-state index contributed by atoms with van der Waals surface area (Å²) < 4.78 is 0. The van der Waals surface area contributed by atoms with E-state index in [2.05, 4.69) is 101 Å². The highest BCUT2D eigenvalue weighted by atomic mass is 32.2. The lowest BCUT2D eigenvalue weighted by atomic mass is 9.76. The van der Waals surface area contributed by atoms with Crippen LogP contribution in [0.2, 0.25) is 0 Å². The van der Waals surface area contributed by atoms with Crippen molar-refractivity contribution in [3.63, 3.8) is 0 Å². The van der Waals surface area contributed by atoms with Crippen LogP contribution < -0.4 is 0 Å². The minimum Gasteiger partial charge on any atom is -0.336 e. The molecule has 0 bridgehead atoms. The van der Waals surface area contributed by atoms with Gasteiger partial charge in [-0.2, -0.15) is 0 Å². The first kappa shape index (κ1) is 21.8. The SMILES string of the molecule is C1=CC2SC3C(N4C5=CCCC=C5C5C=Cc6c(ccc7c6C6CCCC=C6S7)C54)=CCCC3C2C=C1. The third-order valence-electron chi connectivity index (χ3n) is 10.2. The molecule has 0 saturated carbocycles. The van der Waals surface area contributed by atoms with E-state index in [1.54, 1.807) is 32.9 Å². The van der Waals surface area contributed by atoms with Gasteiger partial charge < -0.3 is 4.90 Å². The Morgan fingerprint density at radius 1 is 0.865 bits per heavy atom. The van der Waals surface area contributed by atoms with Crippen molar-refractivity contribution in [1.82, 2.24) is 4.90 Å². The Kier molecular flexibility index (Phi) is 4.83. The molecule has 3 heteroatoms. The monoisotopic (exact) mass is 519 g/mol. The summed E-state index contributed by atoms with van der Waals surface area (Å²) >= 11 is 4.30. The summed E-state index contributed by atoms with van der Waals surface area (Å²) in [5.74, 6) is 2.57. The van der Waals surface area contributed by atoms with Gasteiger partial charge in [-0.25, -0.2) is 0 Å². The van der Waals surface area contributed by atoms with E-state index in [1.165, 1.54) is 55.5 Å². The molecule has 2 saturated heterocycles. The van der Waals surface area contributed by atoms with Crippen molar-refractivity contribution in [2.45, 2.75) is 72.3 Å². The van der Waals surface area contributed by atoms with Gasteiger partial charge in [-0.15, -0.1) is 11.8 Å². The molecule has 1 aromatic rings. The van der Waals surface area contributed by atoms with Crippen LogP contribution in [-0.4, -0.2) is 15.4 Å². The average molecular weight is 520 g/mol. The largest absolute Gasteiger partial charge is 0.336 e. The summed E-state index contributed by atoms with van der Waals surface area (Å²) in [7, 11) is 0. The predicted octanol–water partition coefficient (Wildman–Crippen LogP) is 9.07. The second kappa shape index (κ2) is 8.20. The van der Waals surface area contributed by atoms with Gasteiger partial charge in [-0.3, -0.25) is 0 Å². The smallest absolute Gasteiger partial charge is 0.0698 e. The molecule has 1 nitrogen and oxygen atoms in total. The molecule has 0 N–H and O–H groups in total. The molecule has 0 radical (unpaired) electrons. The van der Waals surface area contributed by atoms with E-state index >= 15 is 0 Å². The molecular formula is C34H33NS2. The number of thioether (sulfide) groups is 2. The van der Waals surface area contributed by atoms with E-state index < -0.39 is 0 Å². The van der Waals surface area contributed by atoms with Crippen LogP contribution in [0.15, 0.2) is 93.6 Å². The zero-order valence-electron chi connectivity index (χ0n) is 21.2. The van der Waals surface area contributed by atoms with Crippen LogP contribution in [0.25, 0.3) is 6.08 Å². The second-order valence-electron chi connectivity index (χ2n) is 11.9. The molecule has 5 aliphatic carbocycles. The van der Waals surface area contributed by atoms with E-state index in [4.69, 9.17) is 0 Å². The molecule has 37 heavy (non-hydrogen) atoms. The Balaban J connectivity index is 1.19. The average Bonchev–Trinajstić information content (AvgIpc) is 3.62. The number of hydrogen-bond acceptors (Lipinski definition) is 3. The van der Waals surface area contributed by atoms with Gasteiger partial charge in [0.15, 0.2) is 0 Å². The molecule has 8 aliphatic rings. The van der Waals surface area contributed by atoms with Crippen LogP contribution >= 0.6 is 23.5 Å². The Morgan fingerprint density at radius 3 is 2.81 bits per heavy atom. The Morgan fingerprint density at radius 2 is 1.81 bits per heavy atom. The first-order valence-corrected chi connectivity index (χ1v) is 16.3. The van der Waals surface area contributed by atoms with Crippen molar-refractivity contribution in [2.75, 3.05) is 0 Å². The quantitative estimate of drug-likeness (QED) is 0.364. The number of allylic oxidation sites excluding steroid dienone is 9. The minimum absolute atomic E-state index is 0.404. The van der Waals surface area contributed by atoms with Gasteiger partial charge in [-0.1, -0.05) is 78.6 Å². The standard InChI is InChI=1S/C34H33NS2/c1-4-12-27-20(8-1)23-17-16-22-24(18-19-31-32(22)26-10-3-6-15-30(26)36-31)33(23)35(27)28-13-7-11-25-21-9-2-5-14-29(21)37-34(25)28/h2,5,8-9,12-19,21,23,25-26,29,33-34H,1,3-4,6-7,10-11H2. The Labute approximate surface area is 229 Å². The van der Waals surface area contributed by atoms with Gasteiger partial charge in [0.2, 0.25) is 0 Å². The zero-order valence-corrected chi connectivity index (χ0v) is 22.8. The summed E-state index contributed by atoms with van der Waals surface area (Å²) in [5.41, 5.74) is 9.53. The van der Waals surface area contributed by atoms with E-state index in [0.717, 1.165) is 5.92 Å². The molecule has 2 fully saturated rings. The van der Waals surface area contributed by atoms with Crippen molar-refractivity contribution in [2.24, 2.45) is 17.8 Å². The Bertz CT molecular complexity index is 1420. The second-order valence-corrected chi connectivity index (χ2v) is 14.4. The van der Waals surface area contributed by atoms with Crippen molar-refractivity contribution in [3.05, 3.63) is 105 Å². The lowest BCUT2D eigenvalue weighted by Crippen LogP contribution is -2.35. The maximum Gasteiger partial charge on any atom is 0.0698 e. The van der Waals surface area contributed by atoms with E-state index in [1.807, 2.05) is 0 Å². The van der Waals surface area contributed by atoms with E-state index in [9.17, 15) is 0 Å². The van der Waals surface area contributed by atoms with Gasteiger partial charge in [0, 0.05) is 38.6 Å². The summed E-state index contributed by atoms with van der Waals surface area (Å²) in [6.45, 7) is 0. The zero-order chi connectivity index (χ0) is 24.1. The molecule has 1 aromatic carbocycles. The fourth-order valence-electron chi connectivity index (χ4n) is 8.66. The number of rotatable bonds is 1. The van der Waals surface area contributed by atoms with Gasteiger partial charge in [0.1, 0.15) is 0 Å². The van der Waals surface area contributed by atoms with Gasteiger partial charge in [-0.05, 0) is 90.0 Å². The van der Waals surface area contributed by atoms with Crippen LogP contribution in [0.4, 0.5) is 0 Å². The predicted molar refractivity (Wildman–Crippen MR) is 157 cm³/mol. The molecular weight excluding hydrogens is 487 g/mol. The molecule has 0 spiro atoms. The maximum atomic E-state index is 2.86.